The SMILES string of the molecule is COC(=O)c1ccccc1S(=O)(=O)NC(=O)Nc1nc(C)c(I)c(C)n1. The van der Waals surface area contributed by atoms with Crippen molar-refractivity contribution >= 4 is 50.6 Å². The summed E-state index contributed by atoms with van der Waals surface area (Å²) in [5.41, 5.74) is 1.10. The fourth-order valence-electron chi connectivity index (χ4n) is 2.04. The predicted octanol–water partition coefficient (Wildman–Crippen LogP) is 2.00. The van der Waals surface area contributed by atoms with Crippen LogP contribution in [0.5, 0.6) is 0 Å². The van der Waals surface area contributed by atoms with Crippen LogP contribution in [0.4, 0.5) is 10.7 Å². The first-order valence-electron chi connectivity index (χ1n) is 7.17. The quantitative estimate of drug-likeness (QED) is 0.496. The summed E-state index contributed by atoms with van der Waals surface area (Å²) in [5.74, 6) is -0.868. The van der Waals surface area contributed by atoms with E-state index >= 15 is 0 Å². The first-order valence-corrected chi connectivity index (χ1v) is 9.73. The Morgan fingerprint density at radius 3 is 2.27 bits per heavy atom. The molecule has 2 amide bonds. The number of amides is 2. The molecule has 9 nitrogen and oxygen atoms in total. The number of aromatic nitrogens is 2. The Hall–Kier alpha value is -2.28. The number of nitrogens with zero attached hydrogens (tertiary/aromatic N) is 2. The van der Waals surface area contributed by atoms with Gasteiger partial charge in [0.25, 0.3) is 10.0 Å². The molecule has 1 aromatic carbocycles. The number of carbonyl (C=O) groups is 2. The molecule has 0 unspecified atom stereocenters. The van der Waals surface area contributed by atoms with Gasteiger partial charge < -0.3 is 4.74 Å². The summed E-state index contributed by atoms with van der Waals surface area (Å²) < 4.78 is 32.1. The molecule has 1 aromatic heterocycles. The van der Waals surface area contributed by atoms with E-state index in [-0.39, 0.29) is 16.4 Å². The number of hydrogen-bond acceptors (Lipinski definition) is 7. The minimum absolute atomic E-state index is 0.0330. The van der Waals surface area contributed by atoms with Crippen molar-refractivity contribution in [1.82, 2.24) is 14.7 Å². The van der Waals surface area contributed by atoms with Crippen LogP contribution in [-0.4, -0.2) is 37.5 Å². The number of carbonyl (C=O) groups excluding carboxylic acids is 2. The minimum atomic E-state index is -4.31. The number of sulfonamides is 1. The van der Waals surface area contributed by atoms with Crippen LogP contribution in [0.1, 0.15) is 21.7 Å². The molecule has 11 heteroatoms. The van der Waals surface area contributed by atoms with Crippen molar-refractivity contribution in [2.24, 2.45) is 0 Å². The zero-order chi connectivity index (χ0) is 19.5. The molecule has 0 aliphatic heterocycles. The minimum Gasteiger partial charge on any atom is -0.465 e. The molecule has 1 heterocycles. The molecule has 0 radical (unpaired) electrons. The Morgan fingerprint density at radius 2 is 1.69 bits per heavy atom. The van der Waals surface area contributed by atoms with Gasteiger partial charge in [-0.3, -0.25) is 5.32 Å². The van der Waals surface area contributed by atoms with Crippen LogP contribution in [0, 0.1) is 17.4 Å². The lowest BCUT2D eigenvalue weighted by atomic mass is 10.2. The monoisotopic (exact) mass is 490 g/mol. The highest BCUT2D eigenvalue weighted by Gasteiger charge is 2.25. The van der Waals surface area contributed by atoms with Gasteiger partial charge in [0.1, 0.15) is 4.90 Å². The zero-order valence-corrected chi connectivity index (χ0v) is 17.0. The molecule has 0 bridgehead atoms. The third-order valence-electron chi connectivity index (χ3n) is 3.22. The van der Waals surface area contributed by atoms with Gasteiger partial charge in [0.05, 0.1) is 27.6 Å². The lowest BCUT2D eigenvalue weighted by Gasteiger charge is -2.11. The van der Waals surface area contributed by atoms with E-state index in [9.17, 15) is 18.0 Å². The number of anilines is 1. The van der Waals surface area contributed by atoms with Crippen molar-refractivity contribution in [1.29, 1.82) is 0 Å². The Labute approximate surface area is 163 Å². The summed E-state index contributed by atoms with van der Waals surface area (Å²) in [6.45, 7) is 3.48. The molecule has 2 rings (SSSR count). The largest absolute Gasteiger partial charge is 0.465 e. The van der Waals surface area contributed by atoms with Gasteiger partial charge in [-0.15, -0.1) is 0 Å². The van der Waals surface area contributed by atoms with Crippen molar-refractivity contribution in [2.75, 3.05) is 12.4 Å². The highest BCUT2D eigenvalue weighted by Crippen LogP contribution is 2.17. The number of methoxy groups -OCH3 is 1. The fraction of sp³-hybridized carbons (Fsp3) is 0.200. The Balaban J connectivity index is 2.25. The number of nitrogens with one attached hydrogen (secondary N) is 2. The van der Waals surface area contributed by atoms with Crippen LogP contribution in [-0.2, 0) is 14.8 Å². The number of urea groups is 1. The lowest BCUT2D eigenvalue weighted by Crippen LogP contribution is -2.35. The van der Waals surface area contributed by atoms with Crippen LogP contribution in [0.2, 0.25) is 0 Å². The van der Waals surface area contributed by atoms with E-state index in [2.05, 4.69) is 42.6 Å². The summed E-state index contributed by atoms with van der Waals surface area (Å²) in [6, 6.07) is 4.33. The number of hydrogen-bond donors (Lipinski definition) is 2. The summed E-state index contributed by atoms with van der Waals surface area (Å²) in [4.78, 5) is 31.6. The van der Waals surface area contributed by atoms with Crippen molar-refractivity contribution in [3.63, 3.8) is 0 Å². The molecule has 0 fully saturated rings. The Morgan fingerprint density at radius 1 is 1.12 bits per heavy atom. The first kappa shape index (κ1) is 20.0. The molecule has 0 aliphatic rings. The topological polar surface area (TPSA) is 127 Å². The fourth-order valence-corrected chi connectivity index (χ4v) is 3.39. The first-order chi connectivity index (χ1) is 12.2. The standard InChI is InChI=1S/C15H15IN4O5S/c1-8-12(16)9(2)18-14(17-8)19-15(22)20-26(23,24)11-7-5-4-6-10(11)13(21)25-3/h4-7H,1-3H3,(H2,17,18,19,20,22). The number of aryl methyl sites for hydroxylation is 2. The second-order valence-electron chi connectivity index (χ2n) is 5.08. The van der Waals surface area contributed by atoms with Crippen LogP contribution in [0.25, 0.3) is 0 Å². The summed E-state index contributed by atoms with van der Waals surface area (Å²) in [7, 11) is -3.18. The molecule has 2 N–H and O–H groups in total. The highest BCUT2D eigenvalue weighted by atomic mass is 127. The summed E-state index contributed by atoms with van der Waals surface area (Å²) in [5, 5.41) is 2.27. The molecule has 2 aromatic rings. The van der Waals surface area contributed by atoms with Crippen LogP contribution in [0.15, 0.2) is 29.2 Å². The van der Waals surface area contributed by atoms with Crippen molar-refractivity contribution in [3.05, 3.63) is 44.8 Å². The Bertz CT molecular complexity index is 955. The molecular weight excluding hydrogens is 475 g/mol. The van der Waals surface area contributed by atoms with E-state index in [1.165, 1.54) is 24.3 Å². The van der Waals surface area contributed by atoms with Gasteiger partial charge in [-0.2, -0.15) is 0 Å². The average Bonchev–Trinajstić information content (AvgIpc) is 2.58. The molecule has 26 heavy (non-hydrogen) atoms. The van der Waals surface area contributed by atoms with E-state index < -0.39 is 22.0 Å². The van der Waals surface area contributed by atoms with Crippen molar-refractivity contribution in [3.8, 4) is 0 Å². The zero-order valence-electron chi connectivity index (χ0n) is 14.0. The van der Waals surface area contributed by atoms with E-state index in [0.717, 1.165) is 10.7 Å². The van der Waals surface area contributed by atoms with Gasteiger partial charge in [-0.25, -0.2) is 32.7 Å². The van der Waals surface area contributed by atoms with Gasteiger partial charge in [-0.1, -0.05) is 12.1 Å². The maximum Gasteiger partial charge on any atom is 0.339 e. The number of esters is 1. The Kier molecular flexibility index (Phi) is 6.13. The third-order valence-corrected chi connectivity index (χ3v) is 6.17. The van der Waals surface area contributed by atoms with Gasteiger partial charge in [0.15, 0.2) is 0 Å². The summed E-state index contributed by atoms with van der Waals surface area (Å²) in [6.07, 6.45) is 0. The average molecular weight is 490 g/mol. The smallest absolute Gasteiger partial charge is 0.339 e. The molecule has 0 aliphatic carbocycles. The van der Waals surface area contributed by atoms with E-state index in [1.807, 2.05) is 4.72 Å². The third kappa shape index (κ3) is 4.46. The molecule has 0 saturated carbocycles. The number of halogens is 1. The molecule has 0 atom stereocenters. The van der Waals surface area contributed by atoms with E-state index in [1.54, 1.807) is 13.8 Å². The predicted molar refractivity (Wildman–Crippen MR) is 101 cm³/mol. The van der Waals surface area contributed by atoms with Gasteiger partial charge in [0, 0.05) is 0 Å². The van der Waals surface area contributed by atoms with Gasteiger partial charge in [-0.05, 0) is 48.6 Å². The van der Waals surface area contributed by atoms with Crippen molar-refractivity contribution in [2.45, 2.75) is 18.7 Å². The van der Waals surface area contributed by atoms with Crippen LogP contribution >= 0.6 is 22.6 Å². The maximum absolute atomic E-state index is 12.4. The second-order valence-corrected chi connectivity index (χ2v) is 7.81. The van der Waals surface area contributed by atoms with E-state index in [0.29, 0.717) is 11.4 Å². The molecule has 0 saturated heterocycles. The van der Waals surface area contributed by atoms with Gasteiger partial charge in [0.2, 0.25) is 5.95 Å². The number of rotatable bonds is 4. The normalized spacial score (nSPS) is 10.9. The number of benzene rings is 1. The number of ether oxygens (including phenoxy) is 1. The van der Waals surface area contributed by atoms with Crippen molar-refractivity contribution < 1.29 is 22.7 Å². The van der Waals surface area contributed by atoms with E-state index in [4.69, 9.17) is 0 Å². The highest BCUT2D eigenvalue weighted by molar-refractivity contribution is 14.1. The van der Waals surface area contributed by atoms with Crippen LogP contribution in [0.3, 0.4) is 0 Å². The molecule has 0 spiro atoms. The molecule has 138 valence electrons. The lowest BCUT2D eigenvalue weighted by molar-refractivity contribution is 0.0596. The van der Waals surface area contributed by atoms with Gasteiger partial charge >= 0.3 is 12.0 Å². The maximum atomic E-state index is 12.4. The second kappa shape index (κ2) is 7.95. The molecular formula is C15H15IN4O5S. The summed E-state index contributed by atoms with van der Waals surface area (Å²) >= 11 is 2.07. The van der Waals surface area contributed by atoms with Crippen LogP contribution < -0.4 is 10.0 Å².